The molecule has 1 aromatic carbocycles. The highest BCUT2D eigenvalue weighted by atomic mass is 16.5. The number of rotatable bonds is 1. The summed E-state index contributed by atoms with van der Waals surface area (Å²) >= 11 is 0. The Bertz CT molecular complexity index is 996. The molecule has 1 aliphatic heterocycles. The van der Waals surface area contributed by atoms with Gasteiger partial charge in [0.25, 0.3) is 0 Å². The Kier molecular flexibility index (Phi) is 1.19. The minimum Gasteiger partial charge on any atom is -0.497 e. The minimum atomic E-state index is -3.55. The smallest absolute Gasteiger partial charge is 0.119 e. The van der Waals surface area contributed by atoms with E-state index >= 15 is 0 Å². The van der Waals surface area contributed by atoms with Crippen molar-refractivity contribution in [2.75, 3.05) is 20.7 Å². The van der Waals surface area contributed by atoms with E-state index in [1.165, 1.54) is 32.4 Å². The van der Waals surface area contributed by atoms with E-state index in [0.717, 1.165) is 4.90 Å². The molecule has 0 amide bonds. The monoisotopic (exact) mass is 283 g/mol. The molecular weight excluding hydrogens is 246 g/mol. The van der Waals surface area contributed by atoms with Crippen molar-refractivity contribution < 1.29 is 21.2 Å². The first kappa shape index (κ1) is 5.31. The molecule has 1 aromatic rings. The third kappa shape index (κ3) is 1.60. The SMILES string of the molecule is [2H]C1([2H])C([2H])([2H])C([2H])([2H])[C@@]23CCN(C)[C@@]([2H])(C([2H])([2H])c4ccc(OC)cc42)[C@@]3([2H])C1([2H])[2H]. The van der Waals surface area contributed by atoms with E-state index in [1.807, 2.05) is 0 Å². The molecule has 2 bridgehead atoms. The summed E-state index contributed by atoms with van der Waals surface area (Å²) in [5, 5.41) is 0. The number of hydrogen-bond donors (Lipinski definition) is 0. The van der Waals surface area contributed by atoms with E-state index in [0.29, 0.717) is 0 Å². The number of nitrogens with zero attached hydrogens (tertiary/aromatic N) is 1. The van der Waals surface area contributed by atoms with Crippen LogP contribution in [0.4, 0.5) is 0 Å². The van der Waals surface area contributed by atoms with Crippen molar-refractivity contribution >= 4 is 0 Å². The molecule has 2 heteroatoms. The van der Waals surface area contributed by atoms with Crippen molar-refractivity contribution in [2.24, 2.45) is 5.89 Å². The molecule has 2 nitrogen and oxygen atoms in total. The highest BCUT2D eigenvalue weighted by Gasteiger charge is 2.53. The van der Waals surface area contributed by atoms with E-state index in [1.54, 1.807) is 0 Å². The molecule has 20 heavy (non-hydrogen) atoms. The normalized spacial score (nSPS) is 64.9. The zero-order valence-corrected chi connectivity index (χ0v) is 11.5. The van der Waals surface area contributed by atoms with Gasteiger partial charge in [0.15, 0.2) is 0 Å². The number of benzene rings is 1. The molecule has 2 fully saturated rings. The van der Waals surface area contributed by atoms with Gasteiger partial charge in [0.05, 0.1) is 7.11 Å². The zero-order chi connectivity index (χ0) is 24.6. The Balaban J connectivity index is 2.32. The molecule has 1 saturated carbocycles. The summed E-state index contributed by atoms with van der Waals surface area (Å²) in [6, 6.07) is 1.24. The van der Waals surface area contributed by atoms with Crippen molar-refractivity contribution in [1.29, 1.82) is 0 Å². The standard InChI is InChI=1S/C18H25NO/c1-19-10-9-18-8-4-3-5-15(18)17(19)11-13-6-7-14(20-2)12-16(13)18/h6-7,12,15,17H,3-5,8-11H2,1-2H3/t15-,17+,18+/m1/s1/i3D2,4D2,5D2,8D2,11D2,15D,17D. The number of likely N-dealkylation sites (tertiary alicyclic amines) is 1. The first-order valence-electron chi connectivity index (χ1n) is 12.7. The van der Waals surface area contributed by atoms with Gasteiger partial charge in [0.1, 0.15) is 5.75 Å². The Morgan fingerprint density at radius 1 is 1.45 bits per heavy atom. The van der Waals surface area contributed by atoms with Crippen LogP contribution in [0.1, 0.15) is 59.5 Å². The lowest BCUT2D eigenvalue weighted by molar-refractivity contribution is 0.00274. The Morgan fingerprint density at radius 3 is 3.20 bits per heavy atom. The molecule has 1 heterocycles. The average molecular weight is 283 g/mol. The van der Waals surface area contributed by atoms with Crippen molar-refractivity contribution in [3.8, 4) is 5.75 Å². The molecule has 108 valence electrons. The van der Waals surface area contributed by atoms with Crippen molar-refractivity contribution in [1.82, 2.24) is 4.90 Å². The lowest BCUT2D eigenvalue weighted by atomic mass is 9.52. The van der Waals surface area contributed by atoms with Gasteiger partial charge in [-0.15, -0.1) is 0 Å². The maximum atomic E-state index is 9.48. The number of likely N-dealkylation sites (N-methyl/N-ethyl adjacent to an activating group) is 1. The van der Waals surface area contributed by atoms with Crippen LogP contribution in [0.2, 0.25) is 0 Å². The highest BCUT2D eigenvalue weighted by molar-refractivity contribution is 5.45. The summed E-state index contributed by atoms with van der Waals surface area (Å²) in [5.74, 6) is -2.90. The fourth-order valence-electron chi connectivity index (χ4n) is 3.22. The second-order valence-electron chi connectivity index (χ2n) is 5.34. The number of piperidine rings is 1. The lowest BCUT2D eigenvalue weighted by Crippen LogP contribution is -2.59. The van der Waals surface area contributed by atoms with Crippen LogP contribution in [0.3, 0.4) is 0 Å². The first-order valence-corrected chi connectivity index (χ1v) is 6.69. The van der Waals surface area contributed by atoms with Gasteiger partial charge < -0.3 is 9.64 Å². The largest absolute Gasteiger partial charge is 0.497 e. The number of ether oxygens (including phenoxy) is 1. The van der Waals surface area contributed by atoms with Gasteiger partial charge in [0.2, 0.25) is 0 Å². The molecule has 0 spiro atoms. The maximum absolute atomic E-state index is 9.48. The van der Waals surface area contributed by atoms with E-state index in [2.05, 4.69) is 0 Å². The van der Waals surface area contributed by atoms with Gasteiger partial charge in [-0.2, -0.15) is 0 Å². The molecular formula is C18H25NO. The Labute approximate surface area is 139 Å². The van der Waals surface area contributed by atoms with Gasteiger partial charge >= 0.3 is 0 Å². The Hall–Kier alpha value is -1.02. The molecule has 3 aliphatic rings. The molecule has 0 aromatic heterocycles. The van der Waals surface area contributed by atoms with E-state index in [-0.39, 0.29) is 29.8 Å². The summed E-state index contributed by atoms with van der Waals surface area (Å²) in [4.78, 5) is 1.14. The van der Waals surface area contributed by atoms with Crippen LogP contribution in [0.25, 0.3) is 0 Å². The van der Waals surface area contributed by atoms with Crippen LogP contribution in [0.15, 0.2) is 18.2 Å². The molecule has 0 unspecified atom stereocenters. The number of fused-ring (bicyclic) bond motifs is 1. The third-order valence-corrected chi connectivity index (χ3v) is 4.33. The van der Waals surface area contributed by atoms with Gasteiger partial charge in [-0.05, 0) is 68.3 Å². The van der Waals surface area contributed by atoms with Crippen molar-refractivity contribution in [3.05, 3.63) is 29.3 Å². The fourth-order valence-corrected chi connectivity index (χ4v) is 3.22. The second-order valence-corrected chi connectivity index (χ2v) is 5.34. The van der Waals surface area contributed by atoms with Gasteiger partial charge in [0, 0.05) is 27.9 Å². The van der Waals surface area contributed by atoms with Gasteiger partial charge in [-0.3, -0.25) is 0 Å². The third-order valence-electron chi connectivity index (χ3n) is 4.33. The van der Waals surface area contributed by atoms with E-state index in [9.17, 15) is 2.74 Å². The summed E-state index contributed by atoms with van der Waals surface area (Å²) < 4.78 is 111. The zero-order valence-electron chi connectivity index (χ0n) is 23.5. The van der Waals surface area contributed by atoms with Gasteiger partial charge in [-0.25, -0.2) is 0 Å². The highest BCUT2D eigenvalue weighted by Crippen LogP contribution is 2.55. The van der Waals surface area contributed by atoms with Crippen molar-refractivity contribution in [2.45, 2.75) is 49.7 Å². The summed E-state index contributed by atoms with van der Waals surface area (Å²) in [7, 11) is 2.67. The molecule has 4 rings (SSSR count). The van der Waals surface area contributed by atoms with Crippen LogP contribution < -0.4 is 4.74 Å². The first-order chi connectivity index (χ1) is 14.3. The van der Waals surface area contributed by atoms with Crippen molar-refractivity contribution in [3.63, 3.8) is 0 Å². The molecule has 0 radical (unpaired) electrons. The fraction of sp³-hybridized carbons (Fsp3) is 0.667. The average Bonchev–Trinajstić information content (AvgIpc) is 2.69. The second kappa shape index (κ2) is 4.49. The number of methoxy groups -OCH3 is 1. The molecule has 2 aliphatic carbocycles. The topological polar surface area (TPSA) is 12.5 Å². The predicted octanol–water partition coefficient (Wildman–Crippen LogP) is 3.38. The summed E-state index contributed by atoms with van der Waals surface area (Å²) in [5.41, 5.74) is -2.69. The summed E-state index contributed by atoms with van der Waals surface area (Å²) in [6.45, 7) is -0.116. The predicted molar refractivity (Wildman–Crippen MR) is 81.4 cm³/mol. The molecule has 0 N–H and O–H groups in total. The van der Waals surface area contributed by atoms with Crippen LogP contribution >= 0.6 is 0 Å². The summed E-state index contributed by atoms with van der Waals surface area (Å²) in [6.07, 6.45) is -16.6. The van der Waals surface area contributed by atoms with Crippen LogP contribution in [0.5, 0.6) is 5.75 Å². The van der Waals surface area contributed by atoms with Crippen LogP contribution in [-0.4, -0.2) is 31.6 Å². The number of hydrogen-bond acceptors (Lipinski definition) is 2. The Morgan fingerprint density at radius 2 is 2.35 bits per heavy atom. The quantitative estimate of drug-likeness (QED) is 0.783. The minimum absolute atomic E-state index is 0.116. The van der Waals surface area contributed by atoms with E-state index < -0.39 is 49.2 Å². The van der Waals surface area contributed by atoms with Gasteiger partial charge in [-0.1, -0.05) is 18.8 Å². The van der Waals surface area contributed by atoms with E-state index in [4.69, 9.17) is 18.4 Å². The maximum Gasteiger partial charge on any atom is 0.119 e. The van der Waals surface area contributed by atoms with Crippen LogP contribution in [-0.2, 0) is 11.8 Å². The molecule has 3 atom stereocenters. The van der Waals surface area contributed by atoms with Crippen LogP contribution in [0, 0.1) is 5.89 Å². The lowest BCUT2D eigenvalue weighted by Gasteiger charge is -2.58. The molecule has 1 saturated heterocycles.